The van der Waals surface area contributed by atoms with Gasteiger partial charge in [-0.1, -0.05) is 30.3 Å². The molecule has 0 bridgehead atoms. The third-order valence-corrected chi connectivity index (χ3v) is 7.18. The first-order chi connectivity index (χ1) is 18.2. The number of aromatic nitrogens is 4. The van der Waals surface area contributed by atoms with E-state index in [2.05, 4.69) is 9.97 Å². The third-order valence-electron chi connectivity index (χ3n) is 6.30. The highest BCUT2D eigenvalue weighted by atomic mass is 32.1. The molecule has 37 heavy (non-hydrogen) atoms. The van der Waals surface area contributed by atoms with Crippen molar-refractivity contribution >= 4 is 45.3 Å². The topological polar surface area (TPSA) is 91.1 Å². The molecule has 0 saturated carbocycles. The van der Waals surface area contributed by atoms with Crippen molar-refractivity contribution in [2.24, 2.45) is 0 Å². The number of thiophene rings is 1. The van der Waals surface area contributed by atoms with Crippen LogP contribution in [0, 0.1) is 0 Å². The zero-order chi connectivity index (χ0) is 24.9. The predicted molar refractivity (Wildman–Crippen MR) is 144 cm³/mol. The van der Waals surface area contributed by atoms with Gasteiger partial charge in [-0.2, -0.15) is 0 Å². The summed E-state index contributed by atoms with van der Waals surface area (Å²) in [6.45, 7) is 0.128. The van der Waals surface area contributed by atoms with Gasteiger partial charge in [0.1, 0.15) is 5.69 Å². The Hall–Kier alpha value is -4.89. The summed E-state index contributed by atoms with van der Waals surface area (Å²) in [7, 11) is 0. The van der Waals surface area contributed by atoms with Crippen molar-refractivity contribution in [1.82, 2.24) is 19.1 Å². The molecular formula is C28H18N4O4S. The third kappa shape index (κ3) is 3.47. The number of rotatable bonds is 4. The van der Waals surface area contributed by atoms with E-state index in [0.29, 0.717) is 50.5 Å². The lowest BCUT2D eigenvalue weighted by atomic mass is 10.1. The molecule has 9 heteroatoms. The van der Waals surface area contributed by atoms with Crippen LogP contribution in [0.15, 0.2) is 93.8 Å². The van der Waals surface area contributed by atoms with Gasteiger partial charge in [-0.15, -0.1) is 11.3 Å². The number of nitrogens with zero attached hydrogens (tertiary/aromatic N) is 3. The minimum absolute atomic E-state index is 0.128. The lowest BCUT2D eigenvalue weighted by Gasteiger charge is -2.14. The van der Waals surface area contributed by atoms with E-state index in [1.165, 1.54) is 11.3 Å². The largest absolute Gasteiger partial charge is 0.454 e. The highest BCUT2D eigenvalue weighted by Crippen LogP contribution is 2.35. The van der Waals surface area contributed by atoms with E-state index in [1.54, 1.807) is 21.4 Å². The summed E-state index contributed by atoms with van der Waals surface area (Å²) in [6.07, 6.45) is 1.70. The number of nitrogens with one attached hydrogen (secondary N) is 1. The average Bonchev–Trinajstić information content (AvgIpc) is 3.68. The summed E-state index contributed by atoms with van der Waals surface area (Å²) in [5.74, 6) is 1.20. The van der Waals surface area contributed by atoms with Crippen LogP contribution in [0.3, 0.4) is 0 Å². The number of imidazole rings is 1. The second-order valence-corrected chi connectivity index (χ2v) is 9.41. The van der Waals surface area contributed by atoms with Crippen LogP contribution < -0.4 is 20.7 Å². The van der Waals surface area contributed by atoms with Crippen LogP contribution in [0.4, 0.5) is 0 Å². The van der Waals surface area contributed by atoms with E-state index < -0.39 is 0 Å². The van der Waals surface area contributed by atoms with E-state index in [1.807, 2.05) is 78.2 Å². The maximum atomic E-state index is 13.9. The molecule has 3 aromatic carbocycles. The molecule has 0 amide bonds. The molecule has 6 aromatic rings. The van der Waals surface area contributed by atoms with Gasteiger partial charge in [-0.05, 0) is 53.9 Å². The molecule has 1 N–H and O–H groups in total. The molecule has 180 valence electrons. The Morgan fingerprint density at radius 2 is 1.73 bits per heavy atom. The van der Waals surface area contributed by atoms with Crippen molar-refractivity contribution in [1.29, 1.82) is 0 Å². The van der Waals surface area contributed by atoms with Gasteiger partial charge in [-0.25, -0.2) is 9.78 Å². The predicted octanol–water partition coefficient (Wildman–Crippen LogP) is 5.00. The molecule has 1 aliphatic rings. The number of para-hydroxylation sites is 4. The van der Waals surface area contributed by atoms with Crippen LogP contribution in [-0.4, -0.2) is 25.9 Å². The fourth-order valence-electron chi connectivity index (χ4n) is 4.59. The number of hydrogen-bond acceptors (Lipinski definition) is 6. The quantitative estimate of drug-likeness (QED) is 0.363. The smallest absolute Gasteiger partial charge is 0.331 e. The van der Waals surface area contributed by atoms with Crippen molar-refractivity contribution in [2.45, 2.75) is 0 Å². The molecule has 0 saturated heterocycles. The Labute approximate surface area is 213 Å². The number of benzene rings is 3. The lowest BCUT2D eigenvalue weighted by Crippen LogP contribution is -2.22. The van der Waals surface area contributed by atoms with Gasteiger partial charge < -0.3 is 14.5 Å². The highest BCUT2D eigenvalue weighted by Gasteiger charge is 2.20. The van der Waals surface area contributed by atoms with E-state index in [4.69, 9.17) is 9.47 Å². The number of ether oxygens (including phenoxy) is 2. The minimum Gasteiger partial charge on any atom is -0.454 e. The fourth-order valence-corrected chi connectivity index (χ4v) is 5.30. The standard InChI is InChI=1S/C28H18N4O4S/c33-27-26(25-10-5-13-37-25)29-18-6-1-3-8-20(18)31(27)15-22(17-11-12-23-24(14-17)36-16-35-23)32-21-9-4-2-7-19(21)30-28(32)34/h1-15H,16H2,(H,30,34)/b22-15-. The molecule has 0 spiro atoms. The van der Waals surface area contributed by atoms with E-state index in [-0.39, 0.29) is 18.0 Å². The first-order valence-electron chi connectivity index (χ1n) is 11.5. The molecule has 8 nitrogen and oxygen atoms in total. The monoisotopic (exact) mass is 506 g/mol. The number of aromatic amines is 1. The molecule has 4 heterocycles. The highest BCUT2D eigenvalue weighted by molar-refractivity contribution is 7.13. The molecule has 1 aliphatic heterocycles. The Morgan fingerprint density at radius 3 is 2.59 bits per heavy atom. The summed E-state index contributed by atoms with van der Waals surface area (Å²) in [6, 6.07) is 24.1. The van der Waals surface area contributed by atoms with Gasteiger partial charge in [0.05, 0.1) is 32.6 Å². The van der Waals surface area contributed by atoms with Gasteiger partial charge in [0, 0.05) is 11.8 Å². The van der Waals surface area contributed by atoms with E-state index in [9.17, 15) is 9.59 Å². The normalized spacial score (nSPS) is 13.0. The van der Waals surface area contributed by atoms with Crippen LogP contribution in [0.25, 0.3) is 44.5 Å². The first kappa shape index (κ1) is 21.4. The van der Waals surface area contributed by atoms with Gasteiger partial charge in [0.25, 0.3) is 5.56 Å². The van der Waals surface area contributed by atoms with Crippen LogP contribution in [0.5, 0.6) is 11.5 Å². The second-order valence-electron chi connectivity index (χ2n) is 8.47. The lowest BCUT2D eigenvalue weighted by molar-refractivity contribution is 0.174. The summed E-state index contributed by atoms with van der Waals surface area (Å²) in [5.41, 5.74) is 3.57. The molecule has 0 unspecified atom stereocenters. The molecule has 3 aromatic heterocycles. The van der Waals surface area contributed by atoms with Crippen LogP contribution in [-0.2, 0) is 0 Å². The molecule has 7 rings (SSSR count). The Morgan fingerprint density at radius 1 is 0.919 bits per heavy atom. The summed E-state index contributed by atoms with van der Waals surface area (Å²) < 4.78 is 14.2. The van der Waals surface area contributed by atoms with Crippen molar-refractivity contribution < 1.29 is 9.47 Å². The van der Waals surface area contributed by atoms with Gasteiger partial charge in [0.2, 0.25) is 6.79 Å². The maximum absolute atomic E-state index is 13.9. The Balaban J connectivity index is 1.58. The minimum atomic E-state index is -0.324. The second kappa shape index (κ2) is 8.35. The van der Waals surface area contributed by atoms with Gasteiger partial charge in [-0.3, -0.25) is 13.9 Å². The Bertz CT molecular complexity index is 1960. The molecule has 0 radical (unpaired) electrons. The van der Waals surface area contributed by atoms with E-state index in [0.717, 1.165) is 4.88 Å². The zero-order valence-corrected chi connectivity index (χ0v) is 20.1. The number of hydrogen-bond donors (Lipinski definition) is 1. The molecule has 0 aliphatic carbocycles. The average molecular weight is 507 g/mol. The van der Waals surface area contributed by atoms with Gasteiger partial charge in [0.15, 0.2) is 11.5 Å². The number of fused-ring (bicyclic) bond motifs is 3. The van der Waals surface area contributed by atoms with E-state index >= 15 is 0 Å². The molecule has 0 atom stereocenters. The van der Waals surface area contributed by atoms with Gasteiger partial charge >= 0.3 is 5.69 Å². The summed E-state index contributed by atoms with van der Waals surface area (Å²) in [4.78, 5) is 35.5. The Kier molecular flexibility index (Phi) is 4.83. The van der Waals surface area contributed by atoms with Crippen molar-refractivity contribution in [3.05, 3.63) is 111 Å². The fraction of sp³-hybridized carbons (Fsp3) is 0.0357. The van der Waals surface area contributed by atoms with Crippen molar-refractivity contribution in [3.63, 3.8) is 0 Å². The van der Waals surface area contributed by atoms with Crippen molar-refractivity contribution in [3.8, 4) is 22.1 Å². The number of H-pyrrole nitrogens is 1. The van der Waals surface area contributed by atoms with Crippen molar-refractivity contribution in [2.75, 3.05) is 6.79 Å². The molecule has 0 fully saturated rings. The summed E-state index contributed by atoms with van der Waals surface area (Å²) >= 11 is 1.45. The summed E-state index contributed by atoms with van der Waals surface area (Å²) in [5, 5.41) is 1.91. The van der Waals surface area contributed by atoms with Crippen LogP contribution >= 0.6 is 11.3 Å². The van der Waals surface area contributed by atoms with Crippen LogP contribution in [0.2, 0.25) is 0 Å². The van der Waals surface area contributed by atoms with Crippen LogP contribution in [0.1, 0.15) is 5.56 Å². The SMILES string of the molecule is O=c1c(-c2cccs2)nc2ccccc2n1/C=C(/c1ccc2c(c1)OCO2)n1c(=O)[nH]c2ccccc21. The zero-order valence-electron chi connectivity index (χ0n) is 19.3. The maximum Gasteiger partial charge on any atom is 0.331 e. The first-order valence-corrected chi connectivity index (χ1v) is 12.4. The molecular weight excluding hydrogens is 488 g/mol.